The predicted molar refractivity (Wildman–Crippen MR) is 52.8 cm³/mol. The van der Waals surface area contributed by atoms with Crippen LogP contribution in [0.3, 0.4) is 0 Å². The van der Waals surface area contributed by atoms with E-state index in [2.05, 4.69) is 10.6 Å². The lowest BCUT2D eigenvalue weighted by Gasteiger charge is -2.20. The first-order chi connectivity index (χ1) is 6.91. The van der Waals surface area contributed by atoms with E-state index in [1.807, 2.05) is 0 Å². The average molecular weight is 219 g/mol. The molecule has 0 aliphatic carbocycles. The third-order valence-corrected chi connectivity index (χ3v) is 1.64. The molecule has 0 saturated heterocycles. The van der Waals surface area contributed by atoms with Crippen LogP contribution in [0.2, 0.25) is 0 Å². The Bertz CT molecular complexity index is 230. The van der Waals surface area contributed by atoms with Gasteiger partial charge in [-0.25, -0.2) is 0 Å². The van der Waals surface area contributed by atoms with Gasteiger partial charge in [-0.3, -0.25) is 9.59 Å². The van der Waals surface area contributed by atoms with Crippen molar-refractivity contribution in [3.8, 4) is 0 Å². The van der Waals surface area contributed by atoms with Crippen LogP contribution in [0.5, 0.6) is 0 Å². The minimum Gasteiger partial charge on any atom is -0.393 e. The van der Waals surface area contributed by atoms with Gasteiger partial charge in [0.15, 0.2) is 0 Å². The molecule has 1 atom stereocenters. The minimum atomic E-state index is -1.35. The Morgan fingerprint density at radius 3 is 2.40 bits per heavy atom. The number of hydrogen-bond donors (Lipinski definition) is 5. The van der Waals surface area contributed by atoms with Crippen molar-refractivity contribution in [1.82, 2.24) is 10.6 Å². The highest BCUT2D eigenvalue weighted by atomic mass is 16.3. The second kappa shape index (κ2) is 6.33. The topological polar surface area (TPSA) is 125 Å². The molecule has 0 spiro atoms. The zero-order valence-electron chi connectivity index (χ0n) is 8.62. The van der Waals surface area contributed by atoms with E-state index in [1.165, 1.54) is 6.92 Å². The van der Waals surface area contributed by atoms with Crippen LogP contribution in [0.25, 0.3) is 0 Å². The summed E-state index contributed by atoms with van der Waals surface area (Å²) < 4.78 is 0. The fraction of sp³-hybridized carbons (Fsp3) is 0.750. The molecule has 0 rings (SSSR count). The van der Waals surface area contributed by atoms with Crippen molar-refractivity contribution in [3.63, 3.8) is 0 Å². The van der Waals surface area contributed by atoms with E-state index < -0.39 is 24.0 Å². The summed E-state index contributed by atoms with van der Waals surface area (Å²) in [5, 5.41) is 22.6. The Morgan fingerprint density at radius 2 is 1.93 bits per heavy atom. The summed E-state index contributed by atoms with van der Waals surface area (Å²) in [7, 11) is 0. The molecular formula is C8H17N3O4. The van der Waals surface area contributed by atoms with Crippen LogP contribution in [0, 0.1) is 0 Å². The van der Waals surface area contributed by atoms with Crippen LogP contribution >= 0.6 is 0 Å². The van der Waals surface area contributed by atoms with Gasteiger partial charge in [0.25, 0.3) is 0 Å². The van der Waals surface area contributed by atoms with Crippen molar-refractivity contribution in [2.24, 2.45) is 5.73 Å². The summed E-state index contributed by atoms with van der Waals surface area (Å²) in [6.07, 6.45) is 0. The number of hydrogen-bond acceptors (Lipinski definition) is 5. The maximum absolute atomic E-state index is 11.1. The SMILES string of the molecule is CC(O)(CO)CNC(=O)CNC(=O)CN. The smallest absolute Gasteiger partial charge is 0.239 e. The first-order valence-corrected chi connectivity index (χ1v) is 4.48. The highest BCUT2D eigenvalue weighted by Gasteiger charge is 2.19. The molecule has 7 heteroatoms. The molecule has 0 radical (unpaired) electrons. The molecule has 0 aromatic carbocycles. The van der Waals surface area contributed by atoms with Gasteiger partial charge in [-0.05, 0) is 6.92 Å². The average Bonchev–Trinajstić information content (AvgIpc) is 2.23. The minimum absolute atomic E-state index is 0.0825. The van der Waals surface area contributed by atoms with Crippen LogP contribution in [0.1, 0.15) is 6.92 Å². The fourth-order valence-electron chi connectivity index (χ4n) is 0.658. The Labute approximate surface area is 87.6 Å². The Balaban J connectivity index is 3.71. The van der Waals surface area contributed by atoms with E-state index >= 15 is 0 Å². The lowest BCUT2D eigenvalue weighted by atomic mass is 10.1. The zero-order chi connectivity index (χ0) is 11.9. The molecule has 0 saturated carbocycles. The van der Waals surface area contributed by atoms with Crippen molar-refractivity contribution in [1.29, 1.82) is 0 Å². The van der Waals surface area contributed by atoms with Crippen molar-refractivity contribution < 1.29 is 19.8 Å². The molecule has 1 unspecified atom stereocenters. The molecule has 0 aliphatic heterocycles. The van der Waals surface area contributed by atoms with Gasteiger partial charge in [-0.1, -0.05) is 0 Å². The van der Waals surface area contributed by atoms with Gasteiger partial charge >= 0.3 is 0 Å². The molecule has 0 aliphatic rings. The number of rotatable bonds is 6. The summed E-state index contributed by atoms with van der Waals surface area (Å²) in [6, 6.07) is 0. The van der Waals surface area contributed by atoms with E-state index in [-0.39, 0.29) is 19.6 Å². The Morgan fingerprint density at radius 1 is 1.33 bits per heavy atom. The third kappa shape index (κ3) is 6.83. The second-order valence-corrected chi connectivity index (χ2v) is 3.41. The highest BCUT2D eigenvalue weighted by molar-refractivity contribution is 5.85. The van der Waals surface area contributed by atoms with E-state index in [1.54, 1.807) is 0 Å². The lowest BCUT2D eigenvalue weighted by molar-refractivity contribution is -0.126. The number of amides is 2. The molecule has 0 bridgehead atoms. The van der Waals surface area contributed by atoms with Gasteiger partial charge in [0.1, 0.15) is 5.60 Å². The highest BCUT2D eigenvalue weighted by Crippen LogP contribution is 1.97. The van der Waals surface area contributed by atoms with Crippen LogP contribution in [0.15, 0.2) is 0 Å². The summed E-state index contributed by atoms with van der Waals surface area (Å²) in [6.45, 7) is 0.466. The summed E-state index contributed by atoms with van der Waals surface area (Å²) in [4.78, 5) is 21.7. The van der Waals surface area contributed by atoms with Gasteiger partial charge in [0, 0.05) is 6.54 Å². The number of nitrogens with two attached hydrogens (primary N) is 1. The molecule has 15 heavy (non-hydrogen) atoms. The van der Waals surface area contributed by atoms with Crippen LogP contribution in [0.4, 0.5) is 0 Å². The largest absolute Gasteiger partial charge is 0.393 e. The molecule has 88 valence electrons. The first-order valence-electron chi connectivity index (χ1n) is 4.48. The van der Waals surface area contributed by atoms with Gasteiger partial charge in [-0.15, -0.1) is 0 Å². The number of aliphatic hydroxyl groups is 2. The van der Waals surface area contributed by atoms with Crippen LogP contribution in [-0.2, 0) is 9.59 Å². The van der Waals surface area contributed by atoms with Crippen molar-refractivity contribution in [2.45, 2.75) is 12.5 Å². The number of nitrogens with one attached hydrogen (secondary N) is 2. The van der Waals surface area contributed by atoms with Gasteiger partial charge in [0.2, 0.25) is 11.8 Å². The maximum Gasteiger partial charge on any atom is 0.239 e. The number of carbonyl (C=O) groups excluding carboxylic acids is 2. The van der Waals surface area contributed by atoms with Gasteiger partial charge in [-0.2, -0.15) is 0 Å². The quantitative estimate of drug-likeness (QED) is 0.324. The van der Waals surface area contributed by atoms with Crippen molar-refractivity contribution >= 4 is 11.8 Å². The van der Waals surface area contributed by atoms with Gasteiger partial charge in [0.05, 0.1) is 19.7 Å². The Hall–Kier alpha value is -1.18. The molecule has 0 aromatic rings. The molecule has 0 aromatic heterocycles. The molecule has 0 fully saturated rings. The van der Waals surface area contributed by atoms with E-state index in [0.717, 1.165) is 0 Å². The molecule has 2 amide bonds. The summed E-state index contributed by atoms with van der Waals surface area (Å²) in [5.74, 6) is -0.885. The molecule has 6 N–H and O–H groups in total. The second-order valence-electron chi connectivity index (χ2n) is 3.41. The predicted octanol–water partition coefficient (Wildman–Crippen LogP) is -3.08. The zero-order valence-corrected chi connectivity index (χ0v) is 8.62. The lowest BCUT2D eigenvalue weighted by Crippen LogP contribution is -2.46. The van der Waals surface area contributed by atoms with Crippen LogP contribution in [-0.4, -0.2) is 53.9 Å². The normalized spacial score (nSPS) is 14.1. The standard InChI is InChI=1S/C8H17N3O4/c1-8(15,5-12)4-11-7(14)3-10-6(13)2-9/h12,15H,2-5,9H2,1H3,(H,10,13)(H,11,14). The molecule has 7 nitrogen and oxygen atoms in total. The van der Waals surface area contributed by atoms with E-state index in [4.69, 9.17) is 10.8 Å². The third-order valence-electron chi connectivity index (χ3n) is 1.64. The fourth-order valence-corrected chi connectivity index (χ4v) is 0.658. The maximum atomic E-state index is 11.1. The Kier molecular flexibility index (Phi) is 5.83. The van der Waals surface area contributed by atoms with Gasteiger partial charge < -0.3 is 26.6 Å². The molecular weight excluding hydrogens is 202 g/mol. The number of aliphatic hydroxyl groups excluding tert-OH is 1. The summed E-state index contributed by atoms with van der Waals surface area (Å²) >= 11 is 0. The number of carbonyl (C=O) groups is 2. The van der Waals surface area contributed by atoms with E-state index in [9.17, 15) is 14.7 Å². The first kappa shape index (κ1) is 13.8. The van der Waals surface area contributed by atoms with Crippen molar-refractivity contribution in [3.05, 3.63) is 0 Å². The van der Waals surface area contributed by atoms with E-state index in [0.29, 0.717) is 0 Å². The molecule has 0 heterocycles. The van der Waals surface area contributed by atoms with Crippen LogP contribution < -0.4 is 16.4 Å². The van der Waals surface area contributed by atoms with Crippen molar-refractivity contribution in [2.75, 3.05) is 26.2 Å². The summed E-state index contributed by atoms with van der Waals surface area (Å²) in [5.41, 5.74) is 3.65. The monoisotopic (exact) mass is 219 g/mol.